The Bertz CT molecular complexity index is 611. The molecule has 0 aromatic heterocycles. The second-order valence-electron chi connectivity index (χ2n) is 5.39. The Balaban J connectivity index is 1.70. The predicted octanol–water partition coefficient (Wildman–Crippen LogP) is 1.13. The molecule has 0 unspecified atom stereocenters. The van der Waals surface area contributed by atoms with Gasteiger partial charge in [0, 0.05) is 26.2 Å². The second-order valence-corrected chi connectivity index (χ2v) is 7.44. The van der Waals surface area contributed by atoms with Crippen molar-refractivity contribution in [2.45, 2.75) is 17.7 Å². The molecule has 7 heteroatoms. The molecule has 116 valence electrons. The van der Waals surface area contributed by atoms with Crippen LogP contribution >= 0.6 is 0 Å². The van der Waals surface area contributed by atoms with Crippen molar-refractivity contribution >= 4 is 10.0 Å². The molecule has 6 nitrogen and oxygen atoms in total. The average Bonchev–Trinajstić information content (AvgIpc) is 3.14. The molecule has 1 fully saturated rings. The zero-order chi connectivity index (χ0) is 14.9. The van der Waals surface area contributed by atoms with Crippen LogP contribution in [0.4, 0.5) is 0 Å². The van der Waals surface area contributed by atoms with Crippen LogP contribution in [-0.4, -0.2) is 57.6 Å². The summed E-state index contributed by atoms with van der Waals surface area (Å²) in [5.41, 5.74) is 0. The Labute approximate surface area is 125 Å². The highest BCUT2D eigenvalue weighted by molar-refractivity contribution is 7.89. The number of likely N-dealkylation sites (N-methyl/N-ethyl adjacent to an activating group) is 1. The third-order valence-corrected chi connectivity index (χ3v) is 5.83. The number of hydrogen-bond acceptors (Lipinski definition) is 5. The first-order valence-corrected chi connectivity index (χ1v) is 8.60. The van der Waals surface area contributed by atoms with E-state index in [0.29, 0.717) is 18.0 Å². The van der Waals surface area contributed by atoms with Crippen molar-refractivity contribution in [3.63, 3.8) is 0 Å². The lowest BCUT2D eigenvalue weighted by molar-refractivity contribution is 0.174. The standard InChI is InChI=1S/C14H20N2O4S/c1-15(8-9-16-6-2-3-7-16)21(17,18)12-4-5-13-14(10-12)20-11-19-13/h4-5,10H,2-3,6-9,11H2,1H3. The first-order chi connectivity index (χ1) is 10.1. The normalized spacial score (nSPS) is 18.6. The minimum absolute atomic E-state index is 0.142. The highest BCUT2D eigenvalue weighted by atomic mass is 32.2. The van der Waals surface area contributed by atoms with Gasteiger partial charge in [0.1, 0.15) is 0 Å². The molecule has 0 saturated carbocycles. The Morgan fingerprint density at radius 2 is 1.90 bits per heavy atom. The van der Waals surface area contributed by atoms with Gasteiger partial charge in [-0.3, -0.25) is 0 Å². The first-order valence-electron chi connectivity index (χ1n) is 7.16. The third-order valence-electron chi connectivity index (χ3n) is 3.98. The molecule has 3 rings (SSSR count). The number of sulfonamides is 1. The lowest BCUT2D eigenvalue weighted by Gasteiger charge is -2.21. The number of fused-ring (bicyclic) bond motifs is 1. The zero-order valence-corrected chi connectivity index (χ0v) is 12.9. The number of benzene rings is 1. The number of hydrogen-bond donors (Lipinski definition) is 0. The molecule has 0 bridgehead atoms. The summed E-state index contributed by atoms with van der Waals surface area (Å²) >= 11 is 0. The summed E-state index contributed by atoms with van der Waals surface area (Å²) in [5, 5.41) is 0. The lowest BCUT2D eigenvalue weighted by atomic mass is 10.3. The van der Waals surface area contributed by atoms with Crippen molar-refractivity contribution in [3.05, 3.63) is 18.2 Å². The number of ether oxygens (including phenoxy) is 2. The fourth-order valence-corrected chi connectivity index (χ4v) is 3.80. The maximum atomic E-state index is 12.5. The van der Waals surface area contributed by atoms with Crippen LogP contribution in [0.2, 0.25) is 0 Å². The summed E-state index contributed by atoms with van der Waals surface area (Å²) in [7, 11) is -1.86. The summed E-state index contributed by atoms with van der Waals surface area (Å²) in [4.78, 5) is 2.54. The molecule has 21 heavy (non-hydrogen) atoms. The molecule has 0 amide bonds. The van der Waals surface area contributed by atoms with Gasteiger partial charge in [0.2, 0.25) is 16.8 Å². The van der Waals surface area contributed by atoms with Crippen molar-refractivity contribution in [1.82, 2.24) is 9.21 Å². The smallest absolute Gasteiger partial charge is 0.242 e. The van der Waals surface area contributed by atoms with E-state index in [4.69, 9.17) is 9.47 Å². The van der Waals surface area contributed by atoms with Crippen LogP contribution in [0.3, 0.4) is 0 Å². The summed E-state index contributed by atoms with van der Waals surface area (Å²) in [6, 6.07) is 4.74. The molecule has 0 N–H and O–H groups in total. The Morgan fingerprint density at radius 1 is 1.19 bits per heavy atom. The molecule has 2 aliphatic heterocycles. The largest absolute Gasteiger partial charge is 0.454 e. The monoisotopic (exact) mass is 312 g/mol. The molecule has 2 aliphatic rings. The van der Waals surface area contributed by atoms with E-state index in [0.717, 1.165) is 19.6 Å². The lowest BCUT2D eigenvalue weighted by Crippen LogP contribution is -2.35. The Morgan fingerprint density at radius 3 is 2.67 bits per heavy atom. The van der Waals surface area contributed by atoms with E-state index >= 15 is 0 Å². The maximum absolute atomic E-state index is 12.5. The molecule has 0 atom stereocenters. The summed E-state index contributed by atoms with van der Waals surface area (Å²) < 4.78 is 36.9. The molecule has 0 spiro atoms. The zero-order valence-electron chi connectivity index (χ0n) is 12.1. The van der Waals surface area contributed by atoms with Gasteiger partial charge in [-0.1, -0.05) is 0 Å². The molecule has 0 aliphatic carbocycles. The van der Waals surface area contributed by atoms with E-state index in [2.05, 4.69) is 4.90 Å². The van der Waals surface area contributed by atoms with Crippen LogP contribution in [0.5, 0.6) is 11.5 Å². The number of likely N-dealkylation sites (tertiary alicyclic amines) is 1. The van der Waals surface area contributed by atoms with Gasteiger partial charge < -0.3 is 14.4 Å². The van der Waals surface area contributed by atoms with Crippen molar-refractivity contribution in [3.8, 4) is 11.5 Å². The first kappa shape index (κ1) is 14.6. The van der Waals surface area contributed by atoms with E-state index in [1.54, 1.807) is 19.2 Å². The van der Waals surface area contributed by atoms with E-state index in [9.17, 15) is 8.42 Å². The maximum Gasteiger partial charge on any atom is 0.242 e. The Kier molecular flexibility index (Phi) is 4.05. The molecule has 1 aromatic carbocycles. The van der Waals surface area contributed by atoms with Crippen LogP contribution in [0, 0.1) is 0 Å². The van der Waals surface area contributed by atoms with Gasteiger partial charge in [0.25, 0.3) is 0 Å². The summed E-state index contributed by atoms with van der Waals surface area (Å²) in [5.74, 6) is 1.08. The van der Waals surface area contributed by atoms with Gasteiger partial charge >= 0.3 is 0 Å². The van der Waals surface area contributed by atoms with Crippen LogP contribution < -0.4 is 9.47 Å². The van der Waals surface area contributed by atoms with Crippen LogP contribution in [0.15, 0.2) is 23.1 Å². The van der Waals surface area contributed by atoms with Gasteiger partial charge in [-0.05, 0) is 38.1 Å². The van der Waals surface area contributed by atoms with E-state index in [1.807, 2.05) is 0 Å². The third kappa shape index (κ3) is 3.00. The van der Waals surface area contributed by atoms with E-state index in [1.165, 1.54) is 23.2 Å². The molecule has 0 radical (unpaired) electrons. The fourth-order valence-electron chi connectivity index (χ4n) is 2.63. The topological polar surface area (TPSA) is 59.1 Å². The summed E-state index contributed by atoms with van der Waals surface area (Å²) in [6.07, 6.45) is 2.41. The van der Waals surface area contributed by atoms with Crippen LogP contribution in [0.1, 0.15) is 12.8 Å². The fraction of sp³-hybridized carbons (Fsp3) is 0.571. The van der Waals surface area contributed by atoms with Crippen molar-refractivity contribution in [2.24, 2.45) is 0 Å². The van der Waals surface area contributed by atoms with Gasteiger partial charge in [-0.2, -0.15) is 4.31 Å². The quantitative estimate of drug-likeness (QED) is 0.816. The van der Waals surface area contributed by atoms with Gasteiger partial charge in [0.05, 0.1) is 4.90 Å². The SMILES string of the molecule is CN(CCN1CCCC1)S(=O)(=O)c1ccc2c(c1)OCO2. The highest BCUT2D eigenvalue weighted by Gasteiger charge is 2.24. The van der Waals surface area contributed by atoms with E-state index < -0.39 is 10.0 Å². The van der Waals surface area contributed by atoms with Gasteiger partial charge in [-0.15, -0.1) is 0 Å². The highest BCUT2D eigenvalue weighted by Crippen LogP contribution is 2.34. The average molecular weight is 312 g/mol. The number of rotatable bonds is 5. The van der Waals surface area contributed by atoms with Crippen molar-refractivity contribution in [1.29, 1.82) is 0 Å². The summed E-state index contributed by atoms with van der Waals surface area (Å²) in [6.45, 7) is 3.55. The minimum Gasteiger partial charge on any atom is -0.454 e. The minimum atomic E-state index is -3.48. The van der Waals surface area contributed by atoms with E-state index in [-0.39, 0.29) is 11.7 Å². The predicted molar refractivity (Wildman–Crippen MR) is 78.1 cm³/mol. The molecular formula is C14H20N2O4S. The molecule has 2 heterocycles. The molecular weight excluding hydrogens is 292 g/mol. The Hall–Kier alpha value is -1.31. The van der Waals surface area contributed by atoms with Crippen molar-refractivity contribution < 1.29 is 17.9 Å². The second kappa shape index (κ2) is 5.82. The number of nitrogens with zero attached hydrogens (tertiary/aromatic N) is 2. The van der Waals surface area contributed by atoms with Crippen molar-refractivity contribution in [2.75, 3.05) is 40.0 Å². The van der Waals surface area contributed by atoms with Gasteiger partial charge in [-0.25, -0.2) is 8.42 Å². The van der Waals surface area contributed by atoms with Crippen LogP contribution in [0.25, 0.3) is 0 Å². The molecule has 1 saturated heterocycles. The molecule has 1 aromatic rings. The van der Waals surface area contributed by atoms with Crippen LogP contribution in [-0.2, 0) is 10.0 Å². The van der Waals surface area contributed by atoms with Gasteiger partial charge in [0.15, 0.2) is 11.5 Å².